The zero-order valence-electron chi connectivity index (χ0n) is 13.8. The van der Waals surface area contributed by atoms with Crippen LogP contribution in [0.5, 0.6) is 11.5 Å². The number of rotatable bonds is 5. The maximum absolute atomic E-state index is 12.4. The molecule has 0 fully saturated rings. The molecule has 0 radical (unpaired) electrons. The molecule has 1 aromatic carbocycles. The van der Waals surface area contributed by atoms with Crippen molar-refractivity contribution in [3.05, 3.63) is 36.3 Å². The van der Waals surface area contributed by atoms with Gasteiger partial charge in [-0.2, -0.15) is 0 Å². The van der Waals surface area contributed by atoms with Crippen LogP contribution in [0.1, 0.15) is 24.3 Å². The standard InChI is InChI=1S/C17H20N4O3/c1-3-21(4-2)17(22)13-10-16(19-11-18-13)20-12-5-6-14-15(9-12)24-8-7-23-14/h5-6,9-11H,3-4,7-8H2,1-2H3,(H,18,19,20). The number of benzene rings is 1. The van der Waals surface area contributed by atoms with Gasteiger partial charge in [0.2, 0.25) is 0 Å². The fourth-order valence-corrected chi connectivity index (χ4v) is 2.48. The molecule has 0 atom stereocenters. The average molecular weight is 328 g/mol. The van der Waals surface area contributed by atoms with Crippen LogP contribution >= 0.6 is 0 Å². The highest BCUT2D eigenvalue weighted by molar-refractivity contribution is 5.93. The first-order valence-corrected chi connectivity index (χ1v) is 7.99. The van der Waals surface area contributed by atoms with Crippen molar-refractivity contribution in [3.8, 4) is 11.5 Å². The Labute approximate surface area is 140 Å². The summed E-state index contributed by atoms with van der Waals surface area (Å²) in [7, 11) is 0. The molecule has 2 heterocycles. The van der Waals surface area contributed by atoms with E-state index in [0.29, 0.717) is 43.6 Å². The second kappa shape index (κ2) is 7.16. The highest BCUT2D eigenvalue weighted by Gasteiger charge is 2.15. The van der Waals surface area contributed by atoms with Crippen LogP contribution < -0.4 is 14.8 Å². The molecule has 0 saturated heterocycles. The first kappa shape index (κ1) is 16.0. The summed E-state index contributed by atoms with van der Waals surface area (Å²) in [6.07, 6.45) is 1.39. The molecule has 2 aromatic rings. The van der Waals surface area contributed by atoms with E-state index in [4.69, 9.17) is 9.47 Å². The first-order chi connectivity index (χ1) is 11.7. The summed E-state index contributed by atoms with van der Waals surface area (Å²) in [6, 6.07) is 7.22. The molecule has 3 rings (SSSR count). The van der Waals surface area contributed by atoms with Gasteiger partial charge in [0.15, 0.2) is 11.5 Å². The van der Waals surface area contributed by atoms with Crippen LogP contribution in [0.3, 0.4) is 0 Å². The number of fused-ring (bicyclic) bond motifs is 1. The zero-order valence-corrected chi connectivity index (χ0v) is 13.8. The summed E-state index contributed by atoms with van der Waals surface area (Å²) in [5, 5.41) is 3.17. The minimum absolute atomic E-state index is 0.104. The third-order valence-corrected chi connectivity index (χ3v) is 3.75. The summed E-state index contributed by atoms with van der Waals surface area (Å²) in [5.41, 5.74) is 1.17. The molecule has 0 saturated carbocycles. The molecule has 0 spiro atoms. The molecule has 1 aliphatic heterocycles. The fourth-order valence-electron chi connectivity index (χ4n) is 2.48. The van der Waals surface area contributed by atoms with Crippen LogP contribution in [0.25, 0.3) is 0 Å². The molecular weight excluding hydrogens is 308 g/mol. The number of carbonyl (C=O) groups is 1. The van der Waals surface area contributed by atoms with Gasteiger partial charge >= 0.3 is 0 Å². The SMILES string of the molecule is CCN(CC)C(=O)c1cc(Nc2ccc3c(c2)OCCO3)ncn1. The third-order valence-electron chi connectivity index (χ3n) is 3.75. The van der Waals surface area contributed by atoms with E-state index in [0.717, 1.165) is 11.4 Å². The largest absolute Gasteiger partial charge is 0.486 e. The smallest absolute Gasteiger partial charge is 0.272 e. The lowest BCUT2D eigenvalue weighted by molar-refractivity contribution is 0.0767. The van der Waals surface area contributed by atoms with E-state index < -0.39 is 0 Å². The molecule has 1 aromatic heterocycles. The van der Waals surface area contributed by atoms with Gasteiger partial charge in [-0.15, -0.1) is 0 Å². The van der Waals surface area contributed by atoms with Gasteiger partial charge in [-0.05, 0) is 26.0 Å². The van der Waals surface area contributed by atoms with Crippen molar-refractivity contribution in [1.29, 1.82) is 0 Å². The van der Waals surface area contributed by atoms with E-state index >= 15 is 0 Å². The number of hydrogen-bond acceptors (Lipinski definition) is 6. The first-order valence-electron chi connectivity index (χ1n) is 7.99. The number of nitrogens with zero attached hydrogens (tertiary/aromatic N) is 3. The Kier molecular flexibility index (Phi) is 4.79. The predicted octanol–water partition coefficient (Wildman–Crippen LogP) is 2.47. The Hall–Kier alpha value is -2.83. The molecule has 0 bridgehead atoms. The molecule has 1 amide bonds. The number of anilines is 2. The molecular formula is C17H20N4O3. The van der Waals surface area contributed by atoms with Gasteiger partial charge in [0.1, 0.15) is 31.1 Å². The van der Waals surface area contributed by atoms with E-state index in [2.05, 4.69) is 15.3 Å². The monoisotopic (exact) mass is 328 g/mol. The van der Waals surface area contributed by atoms with Crippen LogP contribution in [-0.2, 0) is 0 Å². The highest BCUT2D eigenvalue weighted by Crippen LogP contribution is 2.33. The summed E-state index contributed by atoms with van der Waals surface area (Å²) >= 11 is 0. The fraction of sp³-hybridized carbons (Fsp3) is 0.353. The summed E-state index contributed by atoms with van der Waals surface area (Å²) in [5.74, 6) is 1.87. The van der Waals surface area contributed by atoms with E-state index in [1.165, 1.54) is 6.33 Å². The minimum Gasteiger partial charge on any atom is -0.486 e. The topological polar surface area (TPSA) is 76.6 Å². The van der Waals surface area contributed by atoms with Crippen LogP contribution in [0.4, 0.5) is 11.5 Å². The summed E-state index contributed by atoms with van der Waals surface area (Å²) < 4.78 is 11.1. The predicted molar refractivity (Wildman–Crippen MR) is 90.0 cm³/mol. The molecule has 0 unspecified atom stereocenters. The quantitative estimate of drug-likeness (QED) is 0.908. The van der Waals surface area contributed by atoms with E-state index in [9.17, 15) is 4.79 Å². The maximum Gasteiger partial charge on any atom is 0.272 e. The second-order valence-electron chi connectivity index (χ2n) is 5.25. The van der Waals surface area contributed by atoms with Gasteiger partial charge < -0.3 is 19.7 Å². The van der Waals surface area contributed by atoms with E-state index in [1.807, 2.05) is 32.0 Å². The number of carbonyl (C=O) groups excluding carboxylic acids is 1. The molecule has 1 aliphatic rings. The van der Waals surface area contributed by atoms with Crippen LogP contribution in [0.15, 0.2) is 30.6 Å². The third kappa shape index (κ3) is 3.40. The number of ether oxygens (including phenoxy) is 2. The Balaban J connectivity index is 1.78. The van der Waals surface area contributed by atoms with Crippen LogP contribution in [0, 0.1) is 0 Å². The van der Waals surface area contributed by atoms with Crippen molar-refractivity contribution >= 4 is 17.4 Å². The van der Waals surface area contributed by atoms with Gasteiger partial charge in [0.25, 0.3) is 5.91 Å². The summed E-state index contributed by atoms with van der Waals surface area (Å²) in [4.78, 5) is 22.3. The van der Waals surface area contributed by atoms with Crippen LogP contribution in [-0.4, -0.2) is 47.1 Å². The Morgan fingerprint density at radius 2 is 1.88 bits per heavy atom. The van der Waals surface area contributed by atoms with Crippen molar-refractivity contribution in [3.63, 3.8) is 0 Å². The Bertz CT molecular complexity index is 732. The number of nitrogens with one attached hydrogen (secondary N) is 1. The van der Waals surface area contributed by atoms with Gasteiger partial charge in [-0.1, -0.05) is 0 Å². The molecule has 0 aliphatic carbocycles. The van der Waals surface area contributed by atoms with Crippen molar-refractivity contribution in [2.75, 3.05) is 31.6 Å². The lowest BCUT2D eigenvalue weighted by atomic mass is 10.2. The maximum atomic E-state index is 12.4. The number of aromatic nitrogens is 2. The molecule has 7 heteroatoms. The number of hydrogen-bond donors (Lipinski definition) is 1. The Morgan fingerprint density at radius 1 is 1.12 bits per heavy atom. The average Bonchev–Trinajstić information content (AvgIpc) is 2.63. The lowest BCUT2D eigenvalue weighted by Crippen LogP contribution is -2.31. The van der Waals surface area contributed by atoms with E-state index in [1.54, 1.807) is 11.0 Å². The van der Waals surface area contributed by atoms with Crippen molar-refractivity contribution in [2.24, 2.45) is 0 Å². The zero-order chi connectivity index (χ0) is 16.9. The highest BCUT2D eigenvalue weighted by atomic mass is 16.6. The van der Waals surface area contributed by atoms with Crippen molar-refractivity contribution < 1.29 is 14.3 Å². The van der Waals surface area contributed by atoms with Crippen molar-refractivity contribution in [1.82, 2.24) is 14.9 Å². The van der Waals surface area contributed by atoms with Crippen LogP contribution in [0.2, 0.25) is 0 Å². The van der Waals surface area contributed by atoms with Crippen molar-refractivity contribution in [2.45, 2.75) is 13.8 Å². The van der Waals surface area contributed by atoms with Gasteiger partial charge in [0.05, 0.1) is 0 Å². The van der Waals surface area contributed by atoms with Gasteiger partial charge in [-0.3, -0.25) is 4.79 Å². The lowest BCUT2D eigenvalue weighted by Gasteiger charge is -2.19. The molecule has 1 N–H and O–H groups in total. The number of amides is 1. The Morgan fingerprint density at radius 3 is 2.62 bits per heavy atom. The molecule has 24 heavy (non-hydrogen) atoms. The second-order valence-corrected chi connectivity index (χ2v) is 5.25. The molecule has 7 nitrogen and oxygen atoms in total. The van der Waals surface area contributed by atoms with Gasteiger partial charge in [-0.25, -0.2) is 9.97 Å². The molecule has 126 valence electrons. The van der Waals surface area contributed by atoms with E-state index in [-0.39, 0.29) is 5.91 Å². The van der Waals surface area contributed by atoms with Gasteiger partial charge in [0, 0.05) is 30.9 Å². The minimum atomic E-state index is -0.104. The normalized spacial score (nSPS) is 12.6. The summed E-state index contributed by atoms with van der Waals surface area (Å²) in [6.45, 7) is 6.26.